The van der Waals surface area contributed by atoms with E-state index in [0.29, 0.717) is 6.04 Å². The summed E-state index contributed by atoms with van der Waals surface area (Å²) in [5, 5.41) is 0. The number of aromatic nitrogens is 2. The van der Waals surface area contributed by atoms with Crippen molar-refractivity contribution in [3.8, 4) is 0 Å². The van der Waals surface area contributed by atoms with Crippen molar-refractivity contribution in [1.82, 2.24) is 9.55 Å². The third-order valence-electron chi connectivity index (χ3n) is 1.63. The standard InChI is InChI=1S/C6H7BrN2S/c7-6-1-8-4-9(6)5-2-10-3-5/h1,4-5H,2-3H2. The van der Waals surface area contributed by atoms with E-state index in [2.05, 4.69) is 25.5 Å². The molecule has 2 nitrogen and oxygen atoms in total. The summed E-state index contributed by atoms with van der Waals surface area (Å²) in [6, 6.07) is 0.682. The summed E-state index contributed by atoms with van der Waals surface area (Å²) in [5.41, 5.74) is 0. The van der Waals surface area contributed by atoms with E-state index >= 15 is 0 Å². The molecule has 1 aromatic heterocycles. The van der Waals surface area contributed by atoms with E-state index in [0.717, 1.165) is 4.60 Å². The fourth-order valence-corrected chi connectivity index (χ4v) is 2.21. The van der Waals surface area contributed by atoms with Crippen LogP contribution in [0.5, 0.6) is 0 Å². The molecule has 2 rings (SSSR count). The molecule has 0 N–H and O–H groups in total. The van der Waals surface area contributed by atoms with E-state index in [-0.39, 0.29) is 0 Å². The Hall–Kier alpha value is 0.0400. The van der Waals surface area contributed by atoms with Gasteiger partial charge in [-0.2, -0.15) is 11.8 Å². The Morgan fingerprint density at radius 2 is 2.50 bits per heavy atom. The van der Waals surface area contributed by atoms with Crippen LogP contribution in [0.25, 0.3) is 0 Å². The molecule has 0 bridgehead atoms. The summed E-state index contributed by atoms with van der Waals surface area (Å²) in [7, 11) is 0. The smallest absolute Gasteiger partial charge is 0.105 e. The number of halogens is 1. The maximum absolute atomic E-state index is 4.03. The molecule has 0 amide bonds. The second kappa shape index (κ2) is 2.58. The first-order valence-corrected chi connectivity index (χ1v) is 5.08. The van der Waals surface area contributed by atoms with E-state index in [1.165, 1.54) is 11.5 Å². The van der Waals surface area contributed by atoms with Crippen LogP contribution in [0.1, 0.15) is 6.04 Å². The van der Waals surface area contributed by atoms with Crippen LogP contribution in [-0.4, -0.2) is 21.1 Å². The maximum atomic E-state index is 4.03. The zero-order valence-corrected chi connectivity index (χ0v) is 7.73. The van der Waals surface area contributed by atoms with Gasteiger partial charge < -0.3 is 4.57 Å². The Morgan fingerprint density at radius 1 is 1.70 bits per heavy atom. The average molecular weight is 219 g/mol. The van der Waals surface area contributed by atoms with Crippen LogP contribution in [0.4, 0.5) is 0 Å². The monoisotopic (exact) mass is 218 g/mol. The van der Waals surface area contributed by atoms with Crippen molar-refractivity contribution in [3.05, 3.63) is 17.1 Å². The molecule has 0 atom stereocenters. The highest BCUT2D eigenvalue weighted by Gasteiger charge is 2.20. The van der Waals surface area contributed by atoms with Crippen molar-refractivity contribution in [2.75, 3.05) is 11.5 Å². The lowest BCUT2D eigenvalue weighted by Gasteiger charge is -2.26. The first-order chi connectivity index (χ1) is 4.88. The molecule has 1 aromatic rings. The molecule has 0 aromatic carbocycles. The fraction of sp³-hybridized carbons (Fsp3) is 0.500. The minimum Gasteiger partial charge on any atom is -0.321 e. The summed E-state index contributed by atoms with van der Waals surface area (Å²) >= 11 is 5.42. The lowest BCUT2D eigenvalue weighted by Crippen LogP contribution is -2.22. The number of imidazole rings is 1. The van der Waals surface area contributed by atoms with Gasteiger partial charge in [0.25, 0.3) is 0 Å². The largest absolute Gasteiger partial charge is 0.321 e. The normalized spacial score (nSPS) is 18.9. The van der Waals surface area contributed by atoms with Gasteiger partial charge in [0.1, 0.15) is 4.60 Å². The zero-order valence-electron chi connectivity index (χ0n) is 5.33. The second-order valence-electron chi connectivity index (χ2n) is 2.31. The average Bonchev–Trinajstić information content (AvgIpc) is 2.12. The highest BCUT2D eigenvalue weighted by molar-refractivity contribution is 9.10. The highest BCUT2D eigenvalue weighted by atomic mass is 79.9. The molecule has 1 aliphatic heterocycles. The van der Waals surface area contributed by atoms with E-state index in [1.54, 1.807) is 0 Å². The van der Waals surface area contributed by atoms with Crippen molar-refractivity contribution < 1.29 is 0 Å². The van der Waals surface area contributed by atoms with Crippen LogP contribution in [0.3, 0.4) is 0 Å². The summed E-state index contributed by atoms with van der Waals surface area (Å²) in [6.45, 7) is 0. The summed E-state index contributed by atoms with van der Waals surface area (Å²) in [4.78, 5) is 4.03. The Kier molecular flexibility index (Phi) is 1.74. The Labute approximate surface area is 72.1 Å². The Morgan fingerprint density at radius 3 is 2.90 bits per heavy atom. The molecule has 54 valence electrons. The molecule has 1 fully saturated rings. The van der Waals surface area contributed by atoms with Crippen molar-refractivity contribution in [2.45, 2.75) is 6.04 Å². The van der Waals surface area contributed by atoms with Crippen LogP contribution < -0.4 is 0 Å². The Balaban J connectivity index is 2.23. The predicted octanol–water partition coefficient (Wildman–Crippen LogP) is 1.93. The molecule has 0 saturated carbocycles. The summed E-state index contributed by atoms with van der Waals surface area (Å²) in [5.74, 6) is 2.46. The molecule has 2 heterocycles. The number of hydrogen-bond donors (Lipinski definition) is 0. The lowest BCUT2D eigenvalue weighted by atomic mass is 10.4. The molecular formula is C6H7BrN2S. The second-order valence-corrected chi connectivity index (χ2v) is 4.20. The highest BCUT2D eigenvalue weighted by Crippen LogP contribution is 2.31. The quantitative estimate of drug-likeness (QED) is 0.718. The third kappa shape index (κ3) is 0.992. The van der Waals surface area contributed by atoms with Crippen molar-refractivity contribution in [3.63, 3.8) is 0 Å². The van der Waals surface area contributed by atoms with Gasteiger partial charge in [-0.25, -0.2) is 4.98 Å². The molecule has 0 aliphatic carbocycles. The Bertz CT molecular complexity index is 231. The SMILES string of the molecule is Brc1cncn1C1CSC1. The zero-order chi connectivity index (χ0) is 6.97. The van der Waals surface area contributed by atoms with Gasteiger partial charge in [-0.15, -0.1) is 0 Å². The fourth-order valence-electron chi connectivity index (χ4n) is 0.941. The topological polar surface area (TPSA) is 17.8 Å². The number of nitrogens with zero attached hydrogens (tertiary/aromatic N) is 2. The van der Waals surface area contributed by atoms with Crippen LogP contribution in [-0.2, 0) is 0 Å². The molecule has 0 spiro atoms. The van der Waals surface area contributed by atoms with E-state index in [4.69, 9.17) is 0 Å². The molecule has 1 saturated heterocycles. The van der Waals surface area contributed by atoms with Crippen molar-refractivity contribution in [1.29, 1.82) is 0 Å². The van der Waals surface area contributed by atoms with Crippen LogP contribution in [0.15, 0.2) is 17.1 Å². The molecule has 1 aliphatic rings. The van der Waals surface area contributed by atoms with Gasteiger partial charge in [-0.3, -0.25) is 0 Å². The van der Waals surface area contributed by atoms with Gasteiger partial charge in [0.2, 0.25) is 0 Å². The molecular weight excluding hydrogens is 212 g/mol. The molecule has 10 heavy (non-hydrogen) atoms. The number of thioether (sulfide) groups is 1. The van der Waals surface area contributed by atoms with Gasteiger partial charge in [-0.1, -0.05) is 0 Å². The van der Waals surface area contributed by atoms with Gasteiger partial charge >= 0.3 is 0 Å². The molecule has 4 heteroatoms. The van der Waals surface area contributed by atoms with Gasteiger partial charge in [0.15, 0.2) is 0 Å². The van der Waals surface area contributed by atoms with E-state index in [9.17, 15) is 0 Å². The minimum absolute atomic E-state index is 0.682. The summed E-state index contributed by atoms with van der Waals surface area (Å²) in [6.07, 6.45) is 3.72. The van der Waals surface area contributed by atoms with Crippen molar-refractivity contribution in [2.24, 2.45) is 0 Å². The third-order valence-corrected chi connectivity index (χ3v) is 3.49. The van der Waals surface area contributed by atoms with Crippen molar-refractivity contribution >= 4 is 27.7 Å². The number of hydrogen-bond acceptors (Lipinski definition) is 2. The minimum atomic E-state index is 0.682. The van der Waals surface area contributed by atoms with E-state index < -0.39 is 0 Å². The van der Waals surface area contributed by atoms with Crippen LogP contribution in [0.2, 0.25) is 0 Å². The first kappa shape index (κ1) is 6.73. The molecule has 0 unspecified atom stereocenters. The van der Waals surface area contributed by atoms with Crippen LogP contribution >= 0.6 is 27.7 Å². The predicted molar refractivity (Wildman–Crippen MR) is 46.3 cm³/mol. The molecule has 0 radical (unpaired) electrons. The lowest BCUT2D eigenvalue weighted by molar-refractivity contribution is 0.582. The van der Waals surface area contributed by atoms with Gasteiger partial charge in [0.05, 0.1) is 18.6 Å². The van der Waals surface area contributed by atoms with Crippen LogP contribution in [0, 0.1) is 0 Å². The maximum Gasteiger partial charge on any atom is 0.105 e. The van der Waals surface area contributed by atoms with E-state index in [1.807, 2.05) is 24.3 Å². The summed E-state index contributed by atoms with van der Waals surface area (Å²) < 4.78 is 3.27. The van der Waals surface area contributed by atoms with Gasteiger partial charge in [-0.05, 0) is 15.9 Å². The first-order valence-electron chi connectivity index (χ1n) is 3.13. The number of rotatable bonds is 1. The van der Waals surface area contributed by atoms with Gasteiger partial charge in [0, 0.05) is 11.5 Å².